The standard InChI is InChI=1S/C43H52O17/c1-50-28-10-21(8-9-27(28)46)37(47)35(17-44)59-42-31(53-4)13-23(14-32(42)54-5)40-25-19-58-41(26(25)20-57-40)24-15-33(55-6)43(34(16-24)56-7)60-36(18-45)38(48)22-11-29(51-2)39(49)30(12-22)52-3/h8-16,25-26,35-38,40-41,44-49H,17-20H2,1-7H3/t25-,26-,35?,36?,37?,38?,40+,41+/m1/s1. The van der Waals surface area contributed by atoms with Crippen LogP contribution in [-0.2, 0) is 9.47 Å². The SMILES string of the molecule is COc1cc(C(O)C(CO)Oc2c(OC)cc([C@@H]3OC[C@@H]4[C@H]3CO[C@H]4c3cc(OC)c(OC(CO)C(O)c4cc(OC)c(O)c(OC)c4)c(OC)c3)cc2OC)ccc1O. The van der Waals surface area contributed by atoms with E-state index in [2.05, 4.69) is 0 Å². The number of rotatable bonds is 19. The molecule has 4 aromatic carbocycles. The molecule has 0 aromatic heterocycles. The Balaban J connectivity index is 1.22. The highest BCUT2D eigenvalue weighted by Crippen LogP contribution is 2.54. The fourth-order valence-corrected chi connectivity index (χ4v) is 7.69. The van der Waals surface area contributed by atoms with Gasteiger partial charge in [-0.3, -0.25) is 0 Å². The van der Waals surface area contributed by atoms with Crippen LogP contribution in [0.15, 0.2) is 54.6 Å². The molecular weight excluding hydrogens is 788 g/mol. The summed E-state index contributed by atoms with van der Waals surface area (Å²) in [4.78, 5) is 0. The lowest BCUT2D eigenvalue weighted by atomic mass is 9.84. The molecule has 6 rings (SSSR count). The first-order valence-corrected chi connectivity index (χ1v) is 19.0. The lowest BCUT2D eigenvalue weighted by Crippen LogP contribution is -2.29. The van der Waals surface area contributed by atoms with Crippen LogP contribution in [0.25, 0.3) is 0 Å². The van der Waals surface area contributed by atoms with Crippen molar-refractivity contribution < 1.29 is 82.7 Å². The van der Waals surface area contributed by atoms with Gasteiger partial charge in [-0.05, 0) is 70.8 Å². The van der Waals surface area contributed by atoms with Crippen molar-refractivity contribution in [2.45, 2.75) is 36.6 Å². The number of phenolic OH excluding ortho intramolecular Hbond substituents is 2. The second kappa shape index (κ2) is 19.2. The average Bonchev–Trinajstić information content (AvgIpc) is 3.89. The van der Waals surface area contributed by atoms with Gasteiger partial charge < -0.3 is 82.7 Å². The summed E-state index contributed by atoms with van der Waals surface area (Å²) < 4.78 is 63.8. The monoisotopic (exact) mass is 840 g/mol. The fourth-order valence-electron chi connectivity index (χ4n) is 7.69. The van der Waals surface area contributed by atoms with Crippen molar-refractivity contribution in [2.24, 2.45) is 11.8 Å². The first-order valence-electron chi connectivity index (χ1n) is 19.0. The van der Waals surface area contributed by atoms with Crippen molar-refractivity contribution in [2.75, 3.05) is 76.2 Å². The zero-order valence-electron chi connectivity index (χ0n) is 34.3. The van der Waals surface area contributed by atoms with E-state index in [4.69, 9.17) is 52.1 Å². The molecule has 2 aliphatic heterocycles. The molecule has 2 saturated heterocycles. The van der Waals surface area contributed by atoms with Gasteiger partial charge in [-0.25, -0.2) is 0 Å². The third-order valence-corrected chi connectivity index (χ3v) is 10.9. The van der Waals surface area contributed by atoms with E-state index in [1.54, 1.807) is 24.3 Å². The van der Waals surface area contributed by atoms with Crippen molar-refractivity contribution >= 4 is 0 Å². The average molecular weight is 841 g/mol. The number of aromatic hydroxyl groups is 2. The van der Waals surface area contributed by atoms with Crippen LogP contribution in [0, 0.1) is 11.8 Å². The molecule has 0 saturated carbocycles. The van der Waals surface area contributed by atoms with Gasteiger partial charge in [-0.2, -0.15) is 0 Å². The van der Waals surface area contributed by atoms with Crippen molar-refractivity contribution in [3.05, 3.63) is 76.9 Å². The Morgan fingerprint density at radius 3 is 1.25 bits per heavy atom. The Morgan fingerprint density at radius 2 is 0.883 bits per heavy atom. The van der Waals surface area contributed by atoms with E-state index in [9.17, 15) is 30.6 Å². The minimum absolute atomic E-state index is 0.0638. The molecule has 6 N–H and O–H groups in total. The predicted molar refractivity (Wildman–Crippen MR) is 212 cm³/mol. The summed E-state index contributed by atoms with van der Waals surface area (Å²) in [6.07, 6.45) is -5.94. The highest BCUT2D eigenvalue weighted by Gasteiger charge is 2.49. The Kier molecular flexibility index (Phi) is 14.1. The molecule has 0 bridgehead atoms. The molecule has 0 spiro atoms. The normalized spacial score (nSPS) is 20.3. The van der Waals surface area contributed by atoms with Gasteiger partial charge in [0.25, 0.3) is 0 Å². The number of methoxy groups -OCH3 is 7. The third kappa shape index (κ3) is 8.54. The minimum atomic E-state index is -1.39. The number of hydrogen-bond acceptors (Lipinski definition) is 17. The van der Waals surface area contributed by atoms with Gasteiger partial charge in [-0.1, -0.05) is 6.07 Å². The van der Waals surface area contributed by atoms with Crippen LogP contribution in [0.2, 0.25) is 0 Å². The van der Waals surface area contributed by atoms with Crippen LogP contribution in [-0.4, -0.2) is 119 Å². The van der Waals surface area contributed by atoms with E-state index in [0.29, 0.717) is 18.8 Å². The summed E-state index contributed by atoms with van der Waals surface area (Å²) in [6.45, 7) is -0.473. The number of benzene rings is 4. The number of fused-ring (bicyclic) bond motifs is 1. The molecule has 0 aliphatic carbocycles. The van der Waals surface area contributed by atoms with Crippen LogP contribution in [0.1, 0.15) is 46.7 Å². The predicted octanol–water partition coefficient (Wildman–Crippen LogP) is 4.18. The van der Waals surface area contributed by atoms with Crippen LogP contribution in [0.4, 0.5) is 0 Å². The number of aliphatic hydroxyl groups is 4. The van der Waals surface area contributed by atoms with Crippen LogP contribution < -0.4 is 42.6 Å². The topological polar surface area (TPSA) is 223 Å². The molecule has 2 aliphatic rings. The van der Waals surface area contributed by atoms with Crippen LogP contribution in [0.3, 0.4) is 0 Å². The van der Waals surface area contributed by atoms with Gasteiger partial charge in [-0.15, -0.1) is 0 Å². The van der Waals surface area contributed by atoms with Crippen molar-refractivity contribution in [1.82, 2.24) is 0 Å². The van der Waals surface area contributed by atoms with Gasteiger partial charge in [0.2, 0.25) is 17.2 Å². The van der Waals surface area contributed by atoms with Gasteiger partial charge in [0.05, 0.1) is 88.4 Å². The maximum atomic E-state index is 11.3. The number of aliphatic hydroxyl groups excluding tert-OH is 4. The Bertz CT molecular complexity index is 2020. The van der Waals surface area contributed by atoms with Crippen LogP contribution in [0.5, 0.6) is 63.2 Å². The summed E-state index contributed by atoms with van der Waals surface area (Å²) in [5.41, 5.74) is 2.06. The fraction of sp³-hybridized carbons (Fsp3) is 0.442. The highest BCUT2D eigenvalue weighted by molar-refractivity contribution is 5.57. The Morgan fingerprint density at radius 1 is 0.517 bits per heavy atom. The first-order chi connectivity index (χ1) is 29.0. The van der Waals surface area contributed by atoms with E-state index < -0.39 is 49.8 Å². The summed E-state index contributed by atoms with van der Waals surface area (Å²) in [5, 5.41) is 63.5. The second-order valence-electron chi connectivity index (χ2n) is 14.1. The lowest BCUT2D eigenvalue weighted by Gasteiger charge is -2.26. The molecule has 60 heavy (non-hydrogen) atoms. The molecule has 0 radical (unpaired) electrons. The molecular formula is C43H52O17. The lowest BCUT2D eigenvalue weighted by molar-refractivity contribution is -0.00211. The first kappa shape index (κ1) is 44.0. The van der Waals surface area contributed by atoms with Gasteiger partial charge in [0, 0.05) is 11.8 Å². The third-order valence-electron chi connectivity index (χ3n) is 10.9. The summed E-state index contributed by atoms with van der Waals surface area (Å²) in [7, 11) is 9.96. The number of phenols is 2. The van der Waals surface area contributed by atoms with Gasteiger partial charge >= 0.3 is 0 Å². The highest BCUT2D eigenvalue weighted by atomic mass is 16.6. The molecule has 2 heterocycles. The molecule has 326 valence electrons. The maximum absolute atomic E-state index is 11.3. The summed E-state index contributed by atoms with van der Waals surface area (Å²) in [5.74, 6) is 1.10. The van der Waals surface area contributed by atoms with Crippen LogP contribution >= 0.6 is 0 Å². The molecule has 4 aromatic rings. The molecule has 4 unspecified atom stereocenters. The number of ether oxygens (including phenoxy) is 11. The van der Waals surface area contributed by atoms with E-state index in [0.717, 1.165) is 11.1 Å². The second-order valence-corrected chi connectivity index (χ2v) is 14.1. The van der Waals surface area contributed by atoms with Gasteiger partial charge in [0.1, 0.15) is 12.2 Å². The maximum Gasteiger partial charge on any atom is 0.204 e. The van der Waals surface area contributed by atoms with E-state index in [1.165, 1.54) is 80.1 Å². The molecule has 2 fully saturated rings. The summed E-state index contributed by atoms with van der Waals surface area (Å²) in [6, 6.07) is 14.2. The molecule has 17 nitrogen and oxygen atoms in total. The minimum Gasteiger partial charge on any atom is -0.504 e. The molecule has 17 heteroatoms. The number of hydrogen-bond donors (Lipinski definition) is 6. The molecule has 8 atom stereocenters. The van der Waals surface area contributed by atoms with E-state index >= 15 is 0 Å². The van der Waals surface area contributed by atoms with E-state index in [1.807, 2.05) is 0 Å². The Labute approximate surface area is 347 Å². The van der Waals surface area contributed by atoms with Crippen molar-refractivity contribution in [3.8, 4) is 63.2 Å². The van der Waals surface area contributed by atoms with E-state index in [-0.39, 0.29) is 80.6 Å². The van der Waals surface area contributed by atoms with Gasteiger partial charge in [0.15, 0.2) is 58.2 Å². The largest absolute Gasteiger partial charge is 0.504 e. The Hall–Kier alpha value is -5.56. The zero-order chi connectivity index (χ0) is 43.2. The zero-order valence-corrected chi connectivity index (χ0v) is 34.3. The quantitative estimate of drug-likeness (QED) is 0.0779. The van der Waals surface area contributed by atoms with Crippen molar-refractivity contribution in [1.29, 1.82) is 0 Å². The smallest absolute Gasteiger partial charge is 0.204 e. The van der Waals surface area contributed by atoms with Crippen molar-refractivity contribution in [3.63, 3.8) is 0 Å². The summed E-state index contributed by atoms with van der Waals surface area (Å²) >= 11 is 0. The molecule has 0 amide bonds.